The first-order chi connectivity index (χ1) is 9.77. The number of hydrogen-bond donors (Lipinski definition) is 2. The van der Waals surface area contributed by atoms with E-state index >= 15 is 0 Å². The second kappa shape index (κ2) is 5.43. The van der Waals surface area contributed by atoms with Crippen LogP contribution in [-0.2, 0) is 6.18 Å². The van der Waals surface area contributed by atoms with Crippen LogP contribution < -0.4 is 5.32 Å². The van der Waals surface area contributed by atoms with E-state index in [1.807, 2.05) is 0 Å². The summed E-state index contributed by atoms with van der Waals surface area (Å²) in [5, 5.41) is 2.44. The predicted molar refractivity (Wildman–Crippen MR) is 70.2 cm³/mol. The van der Waals surface area contributed by atoms with Gasteiger partial charge in [-0.1, -0.05) is 0 Å². The Labute approximate surface area is 118 Å². The first-order valence-electron chi connectivity index (χ1n) is 5.95. The number of carbonyl (C=O) groups is 2. The zero-order chi connectivity index (χ0) is 15.6. The molecule has 1 aromatic carbocycles. The van der Waals surface area contributed by atoms with Crippen molar-refractivity contribution >= 4 is 17.4 Å². The fourth-order valence-electron chi connectivity index (χ4n) is 1.67. The van der Waals surface area contributed by atoms with Gasteiger partial charge in [0.25, 0.3) is 5.91 Å². The molecule has 0 aliphatic carbocycles. The number of hydrogen-bond acceptors (Lipinski definition) is 2. The molecule has 0 bridgehead atoms. The van der Waals surface area contributed by atoms with E-state index in [1.165, 1.54) is 19.2 Å². The number of amides is 1. The monoisotopic (exact) mass is 296 g/mol. The zero-order valence-electron chi connectivity index (χ0n) is 10.9. The topological polar surface area (TPSA) is 62.0 Å². The standard InChI is InChI=1S/C14H11F3N2O2/c1-8(20)9-6-12(18-7-9)13(21)19-11-4-2-10(3-5-11)14(15,16)17/h2-7,18H,1H3,(H,19,21). The number of alkyl halides is 3. The van der Waals surface area contributed by atoms with Gasteiger partial charge in [-0.2, -0.15) is 13.2 Å². The van der Waals surface area contributed by atoms with Crippen molar-refractivity contribution in [1.29, 1.82) is 0 Å². The molecule has 7 heteroatoms. The maximum Gasteiger partial charge on any atom is 0.416 e. The van der Waals surface area contributed by atoms with Crippen molar-refractivity contribution in [2.45, 2.75) is 13.1 Å². The molecule has 2 rings (SSSR count). The first-order valence-corrected chi connectivity index (χ1v) is 5.95. The highest BCUT2D eigenvalue weighted by atomic mass is 19.4. The lowest BCUT2D eigenvalue weighted by molar-refractivity contribution is -0.137. The highest BCUT2D eigenvalue weighted by molar-refractivity contribution is 6.05. The SMILES string of the molecule is CC(=O)c1c[nH]c(C(=O)Nc2ccc(C(F)(F)F)cc2)c1. The van der Waals surface area contributed by atoms with E-state index in [0.717, 1.165) is 24.3 Å². The summed E-state index contributed by atoms with van der Waals surface area (Å²) in [6, 6.07) is 5.46. The number of nitrogens with one attached hydrogen (secondary N) is 2. The zero-order valence-corrected chi connectivity index (χ0v) is 10.9. The van der Waals surface area contributed by atoms with Crippen LogP contribution in [0.2, 0.25) is 0 Å². The molecule has 21 heavy (non-hydrogen) atoms. The maximum absolute atomic E-state index is 12.4. The van der Waals surface area contributed by atoms with Crippen LogP contribution in [0.3, 0.4) is 0 Å². The molecule has 1 aromatic heterocycles. The minimum atomic E-state index is -4.42. The number of aromatic nitrogens is 1. The van der Waals surface area contributed by atoms with Crippen LogP contribution >= 0.6 is 0 Å². The Kier molecular flexibility index (Phi) is 3.84. The molecule has 2 N–H and O–H groups in total. The van der Waals surface area contributed by atoms with Crippen molar-refractivity contribution < 1.29 is 22.8 Å². The molecule has 1 heterocycles. The van der Waals surface area contributed by atoms with Gasteiger partial charge in [0.15, 0.2) is 5.78 Å². The van der Waals surface area contributed by atoms with Gasteiger partial charge in [0.05, 0.1) is 5.56 Å². The van der Waals surface area contributed by atoms with Crippen molar-refractivity contribution in [3.63, 3.8) is 0 Å². The van der Waals surface area contributed by atoms with Crippen molar-refractivity contribution in [2.24, 2.45) is 0 Å². The Morgan fingerprint density at radius 2 is 1.76 bits per heavy atom. The van der Waals surface area contributed by atoms with E-state index in [1.54, 1.807) is 0 Å². The average molecular weight is 296 g/mol. The lowest BCUT2D eigenvalue weighted by Gasteiger charge is -2.08. The van der Waals surface area contributed by atoms with Gasteiger partial charge in [0.1, 0.15) is 5.69 Å². The summed E-state index contributed by atoms with van der Waals surface area (Å²) in [6.07, 6.45) is -3.03. The fourth-order valence-corrected chi connectivity index (χ4v) is 1.67. The van der Waals surface area contributed by atoms with Gasteiger partial charge in [0, 0.05) is 17.4 Å². The third kappa shape index (κ3) is 3.50. The van der Waals surface area contributed by atoms with E-state index in [9.17, 15) is 22.8 Å². The molecule has 0 saturated heterocycles. The van der Waals surface area contributed by atoms with Gasteiger partial charge in [-0.25, -0.2) is 0 Å². The van der Waals surface area contributed by atoms with Crippen LogP contribution in [0.25, 0.3) is 0 Å². The largest absolute Gasteiger partial charge is 0.416 e. The van der Waals surface area contributed by atoms with Crippen molar-refractivity contribution in [3.05, 3.63) is 53.3 Å². The normalized spacial score (nSPS) is 11.2. The molecule has 0 aliphatic rings. The summed E-state index contributed by atoms with van der Waals surface area (Å²) in [7, 11) is 0. The van der Waals surface area contributed by atoms with Crippen LogP contribution in [0.4, 0.5) is 18.9 Å². The van der Waals surface area contributed by atoms with Gasteiger partial charge >= 0.3 is 6.18 Å². The summed E-state index contributed by atoms with van der Waals surface area (Å²) in [5.74, 6) is -0.734. The van der Waals surface area contributed by atoms with Crippen LogP contribution in [-0.4, -0.2) is 16.7 Å². The summed E-state index contributed by atoms with van der Waals surface area (Å²) in [5.41, 5.74) is -0.0566. The quantitative estimate of drug-likeness (QED) is 0.852. The fraction of sp³-hybridized carbons (Fsp3) is 0.143. The Morgan fingerprint density at radius 3 is 2.24 bits per heavy atom. The van der Waals surface area contributed by atoms with E-state index in [0.29, 0.717) is 5.56 Å². The highest BCUT2D eigenvalue weighted by Crippen LogP contribution is 2.29. The smallest absolute Gasteiger partial charge is 0.356 e. The van der Waals surface area contributed by atoms with Crippen LogP contribution in [0, 0.1) is 0 Å². The van der Waals surface area contributed by atoms with Gasteiger partial charge in [-0.05, 0) is 37.3 Å². The van der Waals surface area contributed by atoms with E-state index in [-0.39, 0.29) is 17.2 Å². The van der Waals surface area contributed by atoms with Crippen molar-refractivity contribution in [2.75, 3.05) is 5.32 Å². The summed E-state index contributed by atoms with van der Waals surface area (Å²) < 4.78 is 37.2. The van der Waals surface area contributed by atoms with E-state index < -0.39 is 17.6 Å². The highest BCUT2D eigenvalue weighted by Gasteiger charge is 2.30. The van der Waals surface area contributed by atoms with Crippen molar-refractivity contribution in [3.8, 4) is 0 Å². The molecule has 1 amide bonds. The molecular weight excluding hydrogens is 285 g/mol. The molecule has 4 nitrogen and oxygen atoms in total. The summed E-state index contributed by atoms with van der Waals surface area (Å²) in [6.45, 7) is 1.36. The van der Waals surface area contributed by atoms with Gasteiger partial charge in [-0.3, -0.25) is 9.59 Å². The molecular formula is C14H11F3N2O2. The molecule has 0 fully saturated rings. The Balaban J connectivity index is 2.10. The third-order valence-corrected chi connectivity index (χ3v) is 2.80. The molecule has 0 unspecified atom stereocenters. The Bertz CT molecular complexity index is 672. The van der Waals surface area contributed by atoms with Gasteiger partial charge < -0.3 is 10.3 Å². The number of H-pyrrole nitrogens is 1. The van der Waals surface area contributed by atoms with Crippen molar-refractivity contribution in [1.82, 2.24) is 4.98 Å². The number of aromatic amines is 1. The van der Waals surface area contributed by atoms with Gasteiger partial charge in [0.2, 0.25) is 0 Å². The maximum atomic E-state index is 12.4. The van der Waals surface area contributed by atoms with E-state index in [4.69, 9.17) is 0 Å². The second-order valence-corrected chi connectivity index (χ2v) is 4.39. The average Bonchev–Trinajstić information content (AvgIpc) is 2.88. The minimum absolute atomic E-state index is 0.153. The number of rotatable bonds is 3. The molecule has 0 atom stereocenters. The Hall–Kier alpha value is -2.57. The second-order valence-electron chi connectivity index (χ2n) is 4.39. The predicted octanol–water partition coefficient (Wildman–Crippen LogP) is 3.49. The number of ketones is 1. The molecule has 110 valence electrons. The third-order valence-electron chi connectivity index (χ3n) is 2.80. The minimum Gasteiger partial charge on any atom is -0.356 e. The summed E-state index contributed by atoms with van der Waals surface area (Å²) >= 11 is 0. The van der Waals surface area contributed by atoms with Crippen LogP contribution in [0.15, 0.2) is 36.5 Å². The summed E-state index contributed by atoms with van der Waals surface area (Å²) in [4.78, 5) is 25.6. The van der Waals surface area contributed by atoms with Crippen LogP contribution in [0.1, 0.15) is 33.3 Å². The molecule has 0 aliphatic heterocycles. The number of carbonyl (C=O) groups excluding carboxylic acids is 2. The Morgan fingerprint density at radius 1 is 1.14 bits per heavy atom. The number of benzene rings is 1. The van der Waals surface area contributed by atoms with Crippen LogP contribution in [0.5, 0.6) is 0 Å². The molecule has 0 radical (unpaired) electrons. The number of Topliss-reactive ketones (excluding diaryl/α,β-unsaturated/α-hetero) is 1. The lowest BCUT2D eigenvalue weighted by Crippen LogP contribution is -2.12. The lowest BCUT2D eigenvalue weighted by atomic mass is 10.2. The van der Waals surface area contributed by atoms with Gasteiger partial charge in [-0.15, -0.1) is 0 Å². The molecule has 2 aromatic rings. The first kappa shape index (κ1) is 14.8. The van der Waals surface area contributed by atoms with E-state index in [2.05, 4.69) is 10.3 Å². The number of anilines is 1. The number of halogens is 3. The molecule has 0 spiro atoms. The molecule has 0 saturated carbocycles.